The highest BCUT2D eigenvalue weighted by molar-refractivity contribution is 5.81. The Kier molecular flexibility index (Phi) is 5.33. The Balaban J connectivity index is 1.53. The van der Waals surface area contributed by atoms with Crippen molar-refractivity contribution in [2.24, 2.45) is 0 Å². The van der Waals surface area contributed by atoms with Crippen molar-refractivity contribution in [3.05, 3.63) is 78.1 Å². The molecule has 0 radical (unpaired) electrons. The van der Waals surface area contributed by atoms with Gasteiger partial charge in [-0.05, 0) is 31.0 Å². The number of benzene rings is 2. The Morgan fingerprint density at radius 3 is 2.16 bits per heavy atom. The van der Waals surface area contributed by atoms with Gasteiger partial charge in [-0.1, -0.05) is 61.9 Å². The number of anilines is 2. The molecular formula is C26H29N5. The van der Waals surface area contributed by atoms with Crippen molar-refractivity contribution in [1.29, 1.82) is 0 Å². The maximum atomic E-state index is 5.04. The average molecular weight is 412 g/mol. The van der Waals surface area contributed by atoms with E-state index in [-0.39, 0.29) is 0 Å². The number of piperazine rings is 1. The van der Waals surface area contributed by atoms with Gasteiger partial charge in [-0.3, -0.25) is 0 Å². The molecule has 1 aliphatic rings. The van der Waals surface area contributed by atoms with Gasteiger partial charge >= 0.3 is 0 Å². The Morgan fingerprint density at radius 1 is 0.839 bits per heavy atom. The van der Waals surface area contributed by atoms with Crippen LogP contribution < -0.4 is 9.80 Å². The molecule has 1 fully saturated rings. The Bertz CT molecular complexity index is 1160. The molecule has 0 N–H and O–H groups in total. The Labute approximate surface area is 184 Å². The van der Waals surface area contributed by atoms with Crippen molar-refractivity contribution in [2.75, 3.05) is 36.0 Å². The van der Waals surface area contributed by atoms with Crippen LogP contribution in [0.5, 0.6) is 0 Å². The van der Waals surface area contributed by atoms with E-state index in [0.717, 1.165) is 67.4 Å². The van der Waals surface area contributed by atoms with Crippen LogP contribution in [0.25, 0.3) is 16.8 Å². The molecule has 5 rings (SSSR count). The van der Waals surface area contributed by atoms with Crippen LogP contribution in [0.15, 0.2) is 66.7 Å². The molecule has 0 bridgehead atoms. The van der Waals surface area contributed by atoms with Crippen molar-refractivity contribution in [3.63, 3.8) is 0 Å². The quantitative estimate of drug-likeness (QED) is 0.464. The summed E-state index contributed by atoms with van der Waals surface area (Å²) in [5, 5.41) is 4.94. The molecule has 0 saturated carbocycles. The molecule has 0 aliphatic carbocycles. The van der Waals surface area contributed by atoms with E-state index < -0.39 is 0 Å². The molecule has 31 heavy (non-hydrogen) atoms. The van der Waals surface area contributed by atoms with Crippen LogP contribution in [-0.4, -0.2) is 40.8 Å². The van der Waals surface area contributed by atoms with Gasteiger partial charge in [0, 0.05) is 49.2 Å². The minimum Gasteiger partial charge on any atom is -0.368 e. The van der Waals surface area contributed by atoms with Crippen molar-refractivity contribution in [2.45, 2.75) is 26.7 Å². The van der Waals surface area contributed by atoms with Gasteiger partial charge in [0.2, 0.25) is 0 Å². The minimum atomic E-state index is 0.968. The number of nitrogens with zero attached hydrogens (tertiary/aromatic N) is 5. The van der Waals surface area contributed by atoms with Crippen LogP contribution in [0, 0.1) is 6.92 Å². The van der Waals surface area contributed by atoms with Crippen molar-refractivity contribution in [1.82, 2.24) is 14.6 Å². The predicted molar refractivity (Wildman–Crippen MR) is 128 cm³/mol. The number of aromatic nitrogens is 3. The zero-order valence-electron chi connectivity index (χ0n) is 18.3. The number of hydrogen-bond donors (Lipinski definition) is 0. The molecule has 2 aromatic heterocycles. The Hall–Kier alpha value is -3.34. The summed E-state index contributed by atoms with van der Waals surface area (Å²) in [6, 6.07) is 23.5. The van der Waals surface area contributed by atoms with Gasteiger partial charge in [-0.2, -0.15) is 9.61 Å². The van der Waals surface area contributed by atoms with Crippen LogP contribution in [0.1, 0.15) is 24.7 Å². The molecule has 3 heterocycles. The molecule has 2 aromatic carbocycles. The normalized spacial score (nSPS) is 14.4. The van der Waals surface area contributed by atoms with E-state index in [1.54, 1.807) is 0 Å². The number of rotatable bonds is 5. The van der Waals surface area contributed by atoms with Crippen LogP contribution in [0.4, 0.5) is 11.5 Å². The second-order valence-corrected chi connectivity index (χ2v) is 8.23. The summed E-state index contributed by atoms with van der Waals surface area (Å²) in [7, 11) is 0. The summed E-state index contributed by atoms with van der Waals surface area (Å²) < 4.78 is 2.06. The predicted octanol–water partition coefficient (Wildman–Crippen LogP) is 4.98. The maximum absolute atomic E-state index is 5.04. The summed E-state index contributed by atoms with van der Waals surface area (Å²) in [4.78, 5) is 9.97. The first-order chi connectivity index (χ1) is 15.2. The van der Waals surface area contributed by atoms with E-state index in [1.807, 2.05) is 0 Å². The fourth-order valence-corrected chi connectivity index (χ4v) is 4.54. The zero-order valence-corrected chi connectivity index (χ0v) is 18.3. The number of fused-ring (bicyclic) bond motifs is 1. The van der Waals surface area contributed by atoms with Gasteiger partial charge in [0.1, 0.15) is 5.82 Å². The van der Waals surface area contributed by atoms with Crippen molar-refractivity contribution >= 4 is 17.2 Å². The molecule has 4 aromatic rings. The summed E-state index contributed by atoms with van der Waals surface area (Å²) in [6.07, 6.45) is 2.06. The van der Waals surface area contributed by atoms with Crippen LogP contribution in [0.2, 0.25) is 0 Å². The highest BCUT2D eigenvalue weighted by Crippen LogP contribution is 2.31. The lowest BCUT2D eigenvalue weighted by Gasteiger charge is -2.37. The topological polar surface area (TPSA) is 36.7 Å². The molecule has 0 amide bonds. The van der Waals surface area contributed by atoms with Gasteiger partial charge < -0.3 is 9.80 Å². The first kappa shape index (κ1) is 19.6. The highest BCUT2D eigenvalue weighted by Gasteiger charge is 2.23. The first-order valence-corrected chi connectivity index (χ1v) is 11.2. The van der Waals surface area contributed by atoms with E-state index in [1.165, 1.54) is 11.3 Å². The lowest BCUT2D eigenvalue weighted by Crippen LogP contribution is -2.47. The van der Waals surface area contributed by atoms with Crippen LogP contribution >= 0.6 is 0 Å². The number of para-hydroxylation sites is 1. The van der Waals surface area contributed by atoms with Crippen LogP contribution in [0.3, 0.4) is 0 Å². The third-order valence-corrected chi connectivity index (χ3v) is 6.09. The van der Waals surface area contributed by atoms with Gasteiger partial charge in [0.25, 0.3) is 0 Å². The van der Waals surface area contributed by atoms with E-state index in [9.17, 15) is 0 Å². The Morgan fingerprint density at radius 2 is 1.48 bits per heavy atom. The van der Waals surface area contributed by atoms with Crippen molar-refractivity contribution < 1.29 is 0 Å². The standard InChI is InChI=1S/C26H29N5/c1-3-10-22-19-24(30-17-15-29(16-18-30)23-13-8-5-9-14-23)31-26(27-22)25(20(2)28-31)21-11-6-4-7-12-21/h4-9,11-14,19H,3,10,15-18H2,1-2H3. The van der Waals surface area contributed by atoms with E-state index >= 15 is 0 Å². The summed E-state index contributed by atoms with van der Waals surface area (Å²) in [5.41, 5.74) is 6.76. The van der Waals surface area contributed by atoms with Gasteiger partial charge in [0.15, 0.2) is 5.65 Å². The number of hydrogen-bond acceptors (Lipinski definition) is 4. The maximum Gasteiger partial charge on any atom is 0.165 e. The smallest absolute Gasteiger partial charge is 0.165 e. The second-order valence-electron chi connectivity index (χ2n) is 8.23. The van der Waals surface area contributed by atoms with E-state index in [0.29, 0.717) is 0 Å². The minimum absolute atomic E-state index is 0.968. The lowest BCUT2D eigenvalue weighted by atomic mass is 10.1. The summed E-state index contributed by atoms with van der Waals surface area (Å²) in [6.45, 7) is 8.25. The summed E-state index contributed by atoms with van der Waals surface area (Å²) in [5.74, 6) is 1.16. The van der Waals surface area contributed by atoms with Crippen molar-refractivity contribution in [3.8, 4) is 11.1 Å². The molecule has 5 nitrogen and oxygen atoms in total. The fraction of sp³-hybridized carbons (Fsp3) is 0.308. The SMILES string of the molecule is CCCc1cc(N2CCN(c3ccccc3)CC2)n2nc(C)c(-c3ccccc3)c2n1. The molecule has 158 valence electrons. The van der Waals surface area contributed by atoms with Gasteiger partial charge in [0.05, 0.1) is 5.69 Å². The monoisotopic (exact) mass is 411 g/mol. The van der Waals surface area contributed by atoms with E-state index in [4.69, 9.17) is 10.1 Å². The van der Waals surface area contributed by atoms with E-state index in [2.05, 4.69) is 94.9 Å². The van der Waals surface area contributed by atoms with Gasteiger partial charge in [-0.25, -0.2) is 4.98 Å². The summed E-state index contributed by atoms with van der Waals surface area (Å²) >= 11 is 0. The largest absolute Gasteiger partial charge is 0.368 e. The molecule has 0 unspecified atom stereocenters. The lowest BCUT2D eigenvalue weighted by molar-refractivity contribution is 0.637. The average Bonchev–Trinajstić information content (AvgIpc) is 3.16. The molecule has 0 atom stereocenters. The van der Waals surface area contributed by atoms with Crippen LogP contribution in [-0.2, 0) is 6.42 Å². The molecule has 1 saturated heterocycles. The fourth-order valence-electron chi connectivity index (χ4n) is 4.54. The molecule has 0 spiro atoms. The molecular weight excluding hydrogens is 382 g/mol. The zero-order chi connectivity index (χ0) is 21.2. The number of aryl methyl sites for hydroxylation is 2. The third kappa shape index (κ3) is 3.76. The highest BCUT2D eigenvalue weighted by atomic mass is 15.4. The molecule has 1 aliphatic heterocycles. The first-order valence-electron chi connectivity index (χ1n) is 11.2. The molecule has 5 heteroatoms. The van der Waals surface area contributed by atoms with Gasteiger partial charge in [-0.15, -0.1) is 0 Å². The third-order valence-electron chi connectivity index (χ3n) is 6.09. The second kappa shape index (κ2) is 8.42.